The van der Waals surface area contributed by atoms with E-state index < -0.39 is 0 Å². The quantitative estimate of drug-likeness (QED) is 0.601. The lowest BCUT2D eigenvalue weighted by Gasteiger charge is -2.06. The van der Waals surface area contributed by atoms with Crippen LogP contribution in [0.4, 0.5) is 21.7 Å². The van der Waals surface area contributed by atoms with Gasteiger partial charge in [0, 0.05) is 0 Å². The highest BCUT2D eigenvalue weighted by atomic mass is 19.1. The van der Waals surface area contributed by atoms with Crippen molar-refractivity contribution in [2.24, 2.45) is 0 Å². The van der Waals surface area contributed by atoms with Crippen LogP contribution in [0.3, 0.4) is 0 Å². The van der Waals surface area contributed by atoms with Crippen molar-refractivity contribution in [1.29, 1.82) is 0 Å². The second-order valence-electron chi connectivity index (χ2n) is 5.21. The monoisotopic (exact) mass is 324 g/mol. The number of anilines is 3. The molecular weight excluding hydrogens is 311 g/mol. The van der Waals surface area contributed by atoms with Gasteiger partial charge < -0.3 is 15.5 Å². The van der Waals surface area contributed by atoms with Crippen LogP contribution >= 0.6 is 0 Å². The van der Waals surface area contributed by atoms with Gasteiger partial charge in [0.05, 0.1) is 11.9 Å². The molecule has 8 heteroatoms. The molecule has 0 aliphatic carbocycles. The van der Waals surface area contributed by atoms with Crippen molar-refractivity contribution in [3.63, 3.8) is 0 Å². The Labute approximate surface area is 136 Å². The van der Waals surface area contributed by atoms with E-state index in [2.05, 4.69) is 20.4 Å². The van der Waals surface area contributed by atoms with E-state index in [1.807, 2.05) is 13.0 Å². The summed E-state index contributed by atoms with van der Waals surface area (Å²) in [5.41, 5.74) is 7.07. The van der Waals surface area contributed by atoms with Crippen LogP contribution in [0.5, 0.6) is 0 Å². The molecule has 7 nitrogen and oxygen atoms in total. The highest BCUT2D eigenvalue weighted by Crippen LogP contribution is 2.27. The highest BCUT2D eigenvalue weighted by Gasteiger charge is 2.16. The molecule has 0 saturated heterocycles. The number of nitrogens with two attached hydrogens (primary N) is 1. The Bertz CT molecular complexity index is 1040. The van der Waals surface area contributed by atoms with Gasteiger partial charge in [0.2, 0.25) is 11.8 Å². The van der Waals surface area contributed by atoms with Crippen LogP contribution in [0.1, 0.15) is 5.76 Å². The molecule has 0 atom stereocenters. The maximum Gasteiger partial charge on any atom is 0.224 e. The third-order valence-electron chi connectivity index (χ3n) is 3.49. The van der Waals surface area contributed by atoms with Gasteiger partial charge in [-0.1, -0.05) is 12.1 Å². The Balaban J connectivity index is 1.85. The number of nitrogens with zero attached hydrogens (tertiary/aromatic N) is 4. The van der Waals surface area contributed by atoms with Gasteiger partial charge in [0.1, 0.15) is 17.3 Å². The normalized spacial score (nSPS) is 11.1. The van der Waals surface area contributed by atoms with Crippen LogP contribution in [0.25, 0.3) is 17.2 Å². The number of aromatic nitrogens is 4. The fourth-order valence-electron chi connectivity index (χ4n) is 2.40. The summed E-state index contributed by atoms with van der Waals surface area (Å²) in [6.07, 6.45) is 1.54. The molecule has 120 valence electrons. The molecule has 0 aliphatic rings. The zero-order valence-electron chi connectivity index (χ0n) is 12.7. The number of benzene rings is 1. The second kappa shape index (κ2) is 5.34. The van der Waals surface area contributed by atoms with Crippen molar-refractivity contribution in [2.75, 3.05) is 11.1 Å². The van der Waals surface area contributed by atoms with Gasteiger partial charge in [-0.15, -0.1) is 0 Å². The number of hydrogen-bond donors (Lipinski definition) is 2. The number of nitrogen functional groups attached to an aromatic ring is 1. The van der Waals surface area contributed by atoms with E-state index in [1.165, 1.54) is 16.8 Å². The molecule has 4 aromatic rings. The van der Waals surface area contributed by atoms with Gasteiger partial charge in [-0.25, -0.2) is 4.39 Å². The molecule has 3 heterocycles. The van der Waals surface area contributed by atoms with E-state index in [1.54, 1.807) is 24.3 Å². The molecule has 0 spiro atoms. The first kappa shape index (κ1) is 14.2. The molecule has 0 aliphatic heterocycles. The number of halogens is 1. The number of para-hydroxylation sites is 1. The summed E-state index contributed by atoms with van der Waals surface area (Å²) in [6, 6.07) is 9.95. The van der Waals surface area contributed by atoms with Crippen molar-refractivity contribution in [3.05, 3.63) is 54.2 Å². The van der Waals surface area contributed by atoms with E-state index in [0.29, 0.717) is 28.6 Å². The topological polar surface area (TPSA) is 94.3 Å². The van der Waals surface area contributed by atoms with Gasteiger partial charge in [-0.3, -0.25) is 0 Å². The zero-order valence-corrected chi connectivity index (χ0v) is 12.7. The van der Waals surface area contributed by atoms with E-state index in [4.69, 9.17) is 10.2 Å². The summed E-state index contributed by atoms with van der Waals surface area (Å²) >= 11 is 0. The van der Waals surface area contributed by atoms with Gasteiger partial charge in [0.15, 0.2) is 11.4 Å². The van der Waals surface area contributed by atoms with Crippen molar-refractivity contribution in [3.8, 4) is 11.6 Å². The standard InChI is InChI=1S/C16H13FN6O/c1-9-6-7-13(24-9)15-22-16(18)21-14-12(8-19-23(14)15)20-11-5-3-2-4-10(11)17/h2-8,20H,1H3,(H2,18,21). The Hall–Kier alpha value is -3.42. The minimum absolute atomic E-state index is 0.0728. The van der Waals surface area contributed by atoms with E-state index >= 15 is 0 Å². The summed E-state index contributed by atoms with van der Waals surface area (Å²) in [7, 11) is 0. The summed E-state index contributed by atoms with van der Waals surface area (Å²) < 4.78 is 20.9. The molecule has 1 aromatic carbocycles. The first-order valence-corrected chi connectivity index (χ1v) is 7.21. The zero-order chi connectivity index (χ0) is 16.7. The summed E-state index contributed by atoms with van der Waals surface area (Å²) in [5.74, 6) is 1.39. The van der Waals surface area contributed by atoms with Crippen molar-refractivity contribution in [2.45, 2.75) is 6.92 Å². The third kappa shape index (κ3) is 2.34. The molecule has 0 radical (unpaired) electrons. The predicted octanol–water partition coefficient (Wildman–Crippen LogP) is 3.16. The Morgan fingerprint density at radius 2 is 1.96 bits per heavy atom. The van der Waals surface area contributed by atoms with E-state index in [-0.39, 0.29) is 11.8 Å². The fraction of sp³-hybridized carbons (Fsp3) is 0.0625. The van der Waals surface area contributed by atoms with Crippen LogP contribution in [0.2, 0.25) is 0 Å². The first-order chi connectivity index (χ1) is 11.6. The van der Waals surface area contributed by atoms with Crippen molar-refractivity contribution in [1.82, 2.24) is 19.6 Å². The fourth-order valence-corrected chi connectivity index (χ4v) is 2.40. The average molecular weight is 324 g/mol. The molecule has 3 aromatic heterocycles. The number of nitrogens with one attached hydrogen (secondary N) is 1. The van der Waals surface area contributed by atoms with Crippen LogP contribution in [0.15, 0.2) is 47.0 Å². The molecular formula is C16H13FN6O. The van der Waals surface area contributed by atoms with Gasteiger partial charge in [-0.05, 0) is 31.2 Å². The summed E-state index contributed by atoms with van der Waals surface area (Å²) in [4.78, 5) is 8.39. The maximum absolute atomic E-state index is 13.8. The SMILES string of the molecule is Cc1ccc(-c2nc(N)nc3c(Nc4ccccc4F)cnn23)o1. The number of fused-ring (bicyclic) bond motifs is 1. The first-order valence-electron chi connectivity index (χ1n) is 7.21. The maximum atomic E-state index is 13.8. The summed E-state index contributed by atoms with van der Waals surface area (Å²) in [6.45, 7) is 1.83. The number of aryl methyl sites for hydroxylation is 1. The van der Waals surface area contributed by atoms with Crippen LogP contribution in [-0.2, 0) is 0 Å². The molecule has 0 saturated carbocycles. The van der Waals surface area contributed by atoms with Crippen LogP contribution in [0, 0.1) is 12.7 Å². The minimum Gasteiger partial charge on any atom is -0.458 e. The minimum atomic E-state index is -0.374. The van der Waals surface area contributed by atoms with Crippen LogP contribution in [-0.4, -0.2) is 19.6 Å². The Morgan fingerprint density at radius 1 is 1.12 bits per heavy atom. The second-order valence-corrected chi connectivity index (χ2v) is 5.21. The van der Waals surface area contributed by atoms with Crippen LogP contribution < -0.4 is 11.1 Å². The molecule has 3 N–H and O–H groups in total. The average Bonchev–Trinajstić information content (AvgIpc) is 3.16. The Kier molecular flexibility index (Phi) is 3.16. The molecule has 4 rings (SSSR count). The van der Waals surface area contributed by atoms with E-state index in [0.717, 1.165) is 5.76 Å². The number of furan rings is 1. The number of hydrogen-bond acceptors (Lipinski definition) is 6. The lowest BCUT2D eigenvalue weighted by molar-refractivity contribution is 0.541. The molecule has 24 heavy (non-hydrogen) atoms. The third-order valence-corrected chi connectivity index (χ3v) is 3.49. The van der Waals surface area contributed by atoms with Gasteiger partial charge >= 0.3 is 0 Å². The largest absolute Gasteiger partial charge is 0.458 e. The molecule has 0 bridgehead atoms. The smallest absolute Gasteiger partial charge is 0.224 e. The molecule has 0 fully saturated rings. The molecule has 0 unspecified atom stereocenters. The Morgan fingerprint density at radius 3 is 2.71 bits per heavy atom. The highest BCUT2D eigenvalue weighted by molar-refractivity contribution is 5.75. The van der Waals surface area contributed by atoms with Gasteiger partial charge in [0.25, 0.3) is 0 Å². The number of rotatable bonds is 3. The van der Waals surface area contributed by atoms with E-state index in [9.17, 15) is 4.39 Å². The van der Waals surface area contributed by atoms with Crippen molar-refractivity contribution >= 4 is 23.0 Å². The predicted molar refractivity (Wildman–Crippen MR) is 87.3 cm³/mol. The summed E-state index contributed by atoms with van der Waals surface area (Å²) in [5, 5.41) is 7.23. The lowest BCUT2D eigenvalue weighted by Crippen LogP contribution is -2.05. The lowest BCUT2D eigenvalue weighted by atomic mass is 10.3. The van der Waals surface area contributed by atoms with Crippen molar-refractivity contribution < 1.29 is 8.81 Å². The molecule has 0 amide bonds. The van der Waals surface area contributed by atoms with Gasteiger partial charge in [-0.2, -0.15) is 19.6 Å².